The van der Waals surface area contributed by atoms with Gasteiger partial charge in [0.1, 0.15) is 11.1 Å². The van der Waals surface area contributed by atoms with Gasteiger partial charge in [-0.25, -0.2) is 9.18 Å². The fraction of sp³-hybridized carbons (Fsp3) is 0.458. The molecule has 2 N–H and O–H groups in total. The molecule has 0 saturated carbocycles. The lowest BCUT2D eigenvalue weighted by Crippen LogP contribution is -2.46. The highest BCUT2D eigenvalue weighted by Crippen LogP contribution is 2.38. The van der Waals surface area contributed by atoms with Crippen molar-refractivity contribution in [1.29, 1.82) is 0 Å². The number of halogens is 1. The van der Waals surface area contributed by atoms with Crippen molar-refractivity contribution in [3.8, 4) is 0 Å². The molecular formula is C24H30FN5O2S. The average Bonchev–Trinajstić information content (AvgIpc) is 3.27. The predicted octanol–water partition coefficient (Wildman–Crippen LogP) is 5.61. The number of fused-ring (bicyclic) bond motifs is 1. The molecule has 33 heavy (non-hydrogen) atoms. The number of nitrogens with zero attached hydrogens (tertiary/aromatic N) is 4. The summed E-state index contributed by atoms with van der Waals surface area (Å²) in [6, 6.07) is 5.32. The number of anilines is 1. The Morgan fingerprint density at radius 2 is 2.12 bits per heavy atom. The molecule has 0 aliphatic carbocycles. The number of carbonyl (C=O) groups excluding carboxylic acids is 1. The molecule has 1 amide bonds. The Hall–Kier alpha value is -2.94. The van der Waals surface area contributed by atoms with Gasteiger partial charge in [-0.1, -0.05) is 0 Å². The Morgan fingerprint density at radius 3 is 2.82 bits per heavy atom. The third-order valence-electron chi connectivity index (χ3n) is 5.73. The maximum absolute atomic E-state index is 14.3. The first-order chi connectivity index (χ1) is 15.5. The first-order valence-corrected chi connectivity index (χ1v) is 11.9. The van der Waals surface area contributed by atoms with Gasteiger partial charge in [0, 0.05) is 53.9 Å². The fourth-order valence-electron chi connectivity index (χ4n) is 4.18. The smallest absolute Gasteiger partial charge is 0.410 e. The van der Waals surface area contributed by atoms with Crippen LogP contribution in [0.3, 0.4) is 0 Å². The van der Waals surface area contributed by atoms with E-state index in [9.17, 15) is 9.18 Å². The molecule has 0 radical (unpaired) electrons. The second-order valence-corrected chi connectivity index (χ2v) is 10.8. The standard InChI is InChI=1S/C24H30FN5O2S/c1-14-8-15(6-7-30(14)23(31)32-24(2,3)4)20-10-16(22(26)33-20)12-27-18-9-17-13-29(5)28-21(17)19(25)11-18/h9-15H,6-8,26H2,1-5H3. The van der Waals surface area contributed by atoms with Crippen LogP contribution in [0.25, 0.3) is 10.9 Å². The number of hydrogen-bond acceptors (Lipinski definition) is 6. The molecule has 4 rings (SSSR count). The molecule has 9 heteroatoms. The van der Waals surface area contributed by atoms with Crippen molar-refractivity contribution in [2.45, 2.75) is 58.1 Å². The Kier molecular flexibility index (Phi) is 6.18. The number of aromatic nitrogens is 2. The topological polar surface area (TPSA) is 85.7 Å². The normalized spacial score (nSPS) is 19.5. The van der Waals surface area contributed by atoms with Crippen LogP contribution in [0.5, 0.6) is 0 Å². The number of aryl methyl sites for hydroxylation is 1. The second kappa shape index (κ2) is 8.78. The number of amides is 1. The summed E-state index contributed by atoms with van der Waals surface area (Å²) >= 11 is 1.55. The molecule has 1 aliphatic rings. The minimum atomic E-state index is -0.505. The molecule has 1 fully saturated rings. The van der Waals surface area contributed by atoms with E-state index >= 15 is 0 Å². The van der Waals surface area contributed by atoms with E-state index in [2.05, 4.69) is 23.1 Å². The summed E-state index contributed by atoms with van der Waals surface area (Å²) in [5, 5.41) is 5.50. The highest BCUT2D eigenvalue weighted by atomic mass is 32.1. The van der Waals surface area contributed by atoms with Crippen molar-refractivity contribution in [3.63, 3.8) is 0 Å². The lowest BCUT2D eigenvalue weighted by Gasteiger charge is -2.38. The van der Waals surface area contributed by atoms with Gasteiger partial charge in [0.25, 0.3) is 0 Å². The van der Waals surface area contributed by atoms with Gasteiger partial charge >= 0.3 is 6.09 Å². The molecule has 1 saturated heterocycles. The van der Waals surface area contributed by atoms with Gasteiger partial charge in [0.2, 0.25) is 0 Å². The van der Waals surface area contributed by atoms with Crippen molar-refractivity contribution < 1.29 is 13.9 Å². The van der Waals surface area contributed by atoms with Crippen LogP contribution >= 0.6 is 11.3 Å². The first-order valence-electron chi connectivity index (χ1n) is 11.1. The Balaban J connectivity index is 1.46. The molecule has 2 atom stereocenters. The van der Waals surface area contributed by atoms with Gasteiger partial charge in [-0.05, 0) is 58.6 Å². The number of nitrogen functional groups attached to an aromatic ring is 1. The summed E-state index contributed by atoms with van der Waals surface area (Å²) in [7, 11) is 1.76. The van der Waals surface area contributed by atoms with E-state index in [1.54, 1.807) is 41.5 Å². The number of hydrogen-bond donors (Lipinski definition) is 1. The van der Waals surface area contributed by atoms with Crippen LogP contribution in [0.4, 0.5) is 19.9 Å². The monoisotopic (exact) mass is 471 g/mol. The molecule has 1 aromatic carbocycles. The fourth-order valence-corrected chi connectivity index (χ4v) is 5.23. The quantitative estimate of drug-likeness (QED) is 0.503. The van der Waals surface area contributed by atoms with Crippen LogP contribution in [-0.4, -0.2) is 45.2 Å². The van der Waals surface area contributed by atoms with Gasteiger partial charge in [0.05, 0.1) is 10.7 Å². The minimum Gasteiger partial charge on any atom is -0.444 e. The number of rotatable bonds is 3. The van der Waals surface area contributed by atoms with Crippen LogP contribution < -0.4 is 5.73 Å². The van der Waals surface area contributed by atoms with E-state index in [0.717, 1.165) is 18.4 Å². The largest absolute Gasteiger partial charge is 0.444 e. The van der Waals surface area contributed by atoms with Crippen molar-refractivity contribution in [2.24, 2.45) is 12.0 Å². The Labute approximate surface area is 197 Å². The number of piperidine rings is 1. The Morgan fingerprint density at radius 1 is 1.36 bits per heavy atom. The molecule has 7 nitrogen and oxygen atoms in total. The van der Waals surface area contributed by atoms with E-state index in [-0.39, 0.29) is 12.1 Å². The molecule has 0 spiro atoms. The van der Waals surface area contributed by atoms with Gasteiger partial charge in [-0.3, -0.25) is 9.67 Å². The number of ether oxygens (including phenoxy) is 1. The predicted molar refractivity (Wildman–Crippen MR) is 131 cm³/mol. The number of likely N-dealkylation sites (tertiary alicyclic amines) is 1. The number of thiophene rings is 1. The number of benzene rings is 1. The summed E-state index contributed by atoms with van der Waals surface area (Å²) in [5.74, 6) is -0.0812. The zero-order valence-corrected chi connectivity index (χ0v) is 20.4. The summed E-state index contributed by atoms with van der Waals surface area (Å²) in [4.78, 5) is 19.9. The molecule has 0 bridgehead atoms. The van der Waals surface area contributed by atoms with E-state index in [1.165, 1.54) is 10.9 Å². The van der Waals surface area contributed by atoms with Crippen molar-refractivity contribution in [3.05, 3.63) is 40.7 Å². The summed E-state index contributed by atoms with van der Waals surface area (Å²) < 4.78 is 21.4. The van der Waals surface area contributed by atoms with Crippen LogP contribution in [0, 0.1) is 5.82 Å². The molecule has 2 aromatic heterocycles. The molecule has 3 aromatic rings. The molecular weight excluding hydrogens is 441 g/mol. The van der Waals surface area contributed by atoms with E-state index < -0.39 is 11.4 Å². The lowest BCUT2D eigenvalue weighted by molar-refractivity contribution is 0.0104. The summed E-state index contributed by atoms with van der Waals surface area (Å²) in [6.07, 6.45) is 4.89. The van der Waals surface area contributed by atoms with Crippen LogP contribution in [0.2, 0.25) is 0 Å². The van der Waals surface area contributed by atoms with E-state index in [0.29, 0.717) is 34.1 Å². The third kappa shape index (κ3) is 5.19. The zero-order chi connectivity index (χ0) is 23.9. The van der Waals surface area contributed by atoms with Crippen molar-refractivity contribution >= 4 is 45.2 Å². The molecule has 2 unspecified atom stereocenters. The second-order valence-electron chi connectivity index (χ2n) is 9.64. The molecule has 3 heterocycles. The highest BCUT2D eigenvalue weighted by Gasteiger charge is 2.33. The maximum atomic E-state index is 14.3. The maximum Gasteiger partial charge on any atom is 0.410 e. The minimum absolute atomic E-state index is 0.0771. The SMILES string of the molecule is CC1CC(c2cc(C=Nc3cc(F)c4nn(C)cc4c3)c(N)s2)CCN1C(=O)OC(C)(C)C. The van der Waals surface area contributed by atoms with Crippen LogP contribution in [0.15, 0.2) is 29.4 Å². The highest BCUT2D eigenvalue weighted by molar-refractivity contribution is 7.16. The summed E-state index contributed by atoms with van der Waals surface area (Å²) in [6.45, 7) is 8.33. The van der Waals surface area contributed by atoms with E-state index in [1.807, 2.05) is 25.7 Å². The lowest BCUT2D eigenvalue weighted by atomic mass is 9.90. The van der Waals surface area contributed by atoms with E-state index in [4.69, 9.17) is 10.5 Å². The van der Waals surface area contributed by atoms with Gasteiger partial charge < -0.3 is 15.4 Å². The van der Waals surface area contributed by atoms with Crippen LogP contribution in [0.1, 0.15) is 56.9 Å². The van der Waals surface area contributed by atoms with Crippen molar-refractivity contribution in [2.75, 3.05) is 12.3 Å². The average molecular weight is 472 g/mol. The first kappa shape index (κ1) is 23.2. The summed E-state index contributed by atoms with van der Waals surface area (Å²) in [5.41, 5.74) is 7.44. The zero-order valence-electron chi connectivity index (χ0n) is 19.6. The number of carbonyl (C=O) groups is 1. The molecule has 1 aliphatic heterocycles. The van der Waals surface area contributed by atoms with Gasteiger partial charge in [-0.15, -0.1) is 11.3 Å². The third-order valence-corrected chi connectivity index (χ3v) is 6.87. The number of aliphatic imine (C=N–C) groups is 1. The van der Waals surface area contributed by atoms with Crippen molar-refractivity contribution in [1.82, 2.24) is 14.7 Å². The molecule has 176 valence electrons. The van der Waals surface area contributed by atoms with Crippen LogP contribution in [-0.2, 0) is 11.8 Å². The number of nitrogens with two attached hydrogens (primary N) is 1. The Bertz CT molecular complexity index is 1210. The van der Waals surface area contributed by atoms with Gasteiger partial charge in [-0.2, -0.15) is 5.10 Å². The van der Waals surface area contributed by atoms with Gasteiger partial charge in [0.15, 0.2) is 5.82 Å².